The second kappa shape index (κ2) is 7.11. The fourth-order valence-corrected chi connectivity index (χ4v) is 4.64. The summed E-state index contributed by atoms with van der Waals surface area (Å²) >= 11 is 5.87. The average Bonchev–Trinajstić information content (AvgIpc) is 3.17. The number of nitriles is 1. The molecule has 2 aromatic rings. The fraction of sp³-hybridized carbons (Fsp3) is 0.538. The summed E-state index contributed by atoms with van der Waals surface area (Å²) in [5.41, 5.74) is 6.45. The molecule has 0 aromatic carbocycles. The maximum atomic E-state index is 10.8. The predicted molar refractivity (Wildman–Crippen MR) is 94.3 cm³/mol. The Morgan fingerprint density at radius 3 is 3.15 bits per heavy atom. The number of nitrogens with two attached hydrogens (primary N) is 1. The van der Waals surface area contributed by atoms with Crippen molar-refractivity contribution in [1.29, 1.82) is 5.26 Å². The van der Waals surface area contributed by atoms with Gasteiger partial charge in [-0.1, -0.05) is 0 Å². The van der Waals surface area contributed by atoms with Crippen molar-refractivity contribution in [3.8, 4) is 6.07 Å². The Labute approximate surface area is 160 Å². The van der Waals surface area contributed by atoms with Gasteiger partial charge in [-0.15, -0.1) is 0 Å². The summed E-state index contributed by atoms with van der Waals surface area (Å²) in [4.78, 5) is 12.1. The number of aliphatic hydroxyl groups is 1. The van der Waals surface area contributed by atoms with Gasteiger partial charge in [0, 0.05) is 0 Å². The number of nitrogen functional groups attached to an aromatic ring is 1. The summed E-state index contributed by atoms with van der Waals surface area (Å²) in [6.07, 6.45) is -1.76. The van der Waals surface area contributed by atoms with Gasteiger partial charge in [0.15, 0.2) is 23.8 Å². The highest BCUT2D eigenvalue weighted by atomic mass is 35.5. The number of fused-ring (bicyclic) bond motifs is 2. The lowest BCUT2D eigenvalue weighted by Crippen LogP contribution is -2.41. The fourth-order valence-electron chi connectivity index (χ4n) is 2.97. The zero-order valence-electron chi connectivity index (χ0n) is 13.8. The lowest BCUT2D eigenvalue weighted by molar-refractivity contribution is -0.0630. The smallest absolute Gasteiger partial charge is 0.385 e. The van der Waals surface area contributed by atoms with E-state index in [-0.39, 0.29) is 30.7 Å². The molecular weight excluding hydrogens is 397 g/mol. The molecule has 1 unspecified atom stereocenters. The second-order valence-electron chi connectivity index (χ2n) is 5.90. The molecule has 0 saturated carbocycles. The minimum atomic E-state index is -3.15. The highest BCUT2D eigenvalue weighted by molar-refractivity contribution is 7.85. The van der Waals surface area contributed by atoms with Crippen molar-refractivity contribution in [3.05, 3.63) is 11.6 Å². The lowest BCUT2D eigenvalue weighted by Gasteiger charge is -2.30. The third-order valence-corrected chi connectivity index (χ3v) is 5.93. The predicted octanol–water partition coefficient (Wildman–Crippen LogP) is 0.512. The Bertz CT molecular complexity index is 913. The number of hydrogen-bond donors (Lipinski definition) is 2. The molecule has 4 heterocycles. The van der Waals surface area contributed by atoms with Gasteiger partial charge in [-0.3, -0.25) is 4.57 Å². The van der Waals surface area contributed by atoms with Crippen molar-refractivity contribution >= 4 is 44.0 Å². The highest BCUT2D eigenvalue weighted by Crippen LogP contribution is 2.63. The number of hydrogen-bond acceptors (Lipinski definition) is 10. The van der Waals surface area contributed by atoms with Gasteiger partial charge in [-0.2, -0.15) is 28.8 Å². The Balaban J connectivity index is 1.57. The van der Waals surface area contributed by atoms with Crippen molar-refractivity contribution < 1.29 is 23.4 Å². The lowest BCUT2D eigenvalue weighted by atomic mass is 10.1. The van der Waals surface area contributed by atoms with E-state index in [9.17, 15) is 5.11 Å². The summed E-state index contributed by atoms with van der Waals surface area (Å²) in [5.74, 6) is 0.117. The van der Waals surface area contributed by atoms with Gasteiger partial charge in [-0.05, 0) is 11.6 Å². The maximum absolute atomic E-state index is 10.8. The molecule has 0 aliphatic carbocycles. The van der Waals surface area contributed by atoms with Crippen LogP contribution in [0, 0.1) is 11.3 Å². The van der Waals surface area contributed by atoms with Crippen LogP contribution in [0.4, 0.5) is 5.82 Å². The highest BCUT2D eigenvalue weighted by Gasteiger charge is 2.58. The number of nitrogens with zero attached hydrogens (tertiary/aromatic N) is 5. The first-order valence-electron chi connectivity index (χ1n) is 7.93. The number of aliphatic hydroxyl groups excluding tert-OH is 1. The van der Waals surface area contributed by atoms with Crippen LogP contribution in [0.25, 0.3) is 11.2 Å². The van der Waals surface area contributed by atoms with E-state index < -0.39 is 32.4 Å². The van der Waals surface area contributed by atoms with Crippen LogP contribution in [-0.4, -0.2) is 63.7 Å². The topological polar surface area (TPSA) is 151 Å². The van der Waals surface area contributed by atoms with Crippen LogP contribution in [0.2, 0.25) is 5.28 Å². The quantitative estimate of drug-likeness (QED) is 0.315. The summed E-state index contributed by atoms with van der Waals surface area (Å²) < 4.78 is 23.9. The number of anilines is 1. The Morgan fingerprint density at radius 2 is 2.37 bits per heavy atom. The molecule has 2 fully saturated rings. The summed E-state index contributed by atoms with van der Waals surface area (Å²) in [6.45, 7) is 0.138. The van der Waals surface area contributed by atoms with Gasteiger partial charge in [0.2, 0.25) is 5.28 Å². The maximum Gasteiger partial charge on any atom is 0.488 e. The molecule has 140 valence electrons. The van der Waals surface area contributed by atoms with Crippen LogP contribution >= 0.6 is 19.4 Å². The van der Waals surface area contributed by atoms with E-state index in [0.717, 1.165) is 0 Å². The van der Waals surface area contributed by atoms with E-state index in [2.05, 4.69) is 15.0 Å². The Morgan fingerprint density at radius 1 is 1.56 bits per heavy atom. The van der Waals surface area contributed by atoms with Gasteiger partial charge >= 0.3 is 15.4 Å². The van der Waals surface area contributed by atoms with Crippen LogP contribution in [-0.2, 0) is 18.3 Å². The Hall–Kier alpha value is -1.58. The zero-order chi connectivity index (χ0) is 19.2. The minimum absolute atomic E-state index is 0.0518. The third-order valence-electron chi connectivity index (χ3n) is 4.18. The number of halogens is 1. The monoisotopic (exact) mass is 411 g/mol. The molecule has 2 aromatic heterocycles. The number of rotatable bonds is 4. The number of imidazole rings is 1. The third kappa shape index (κ3) is 3.36. The molecule has 3 N–H and O–H groups in total. The van der Waals surface area contributed by atoms with Gasteiger partial charge in [0.1, 0.15) is 30.9 Å². The van der Waals surface area contributed by atoms with Crippen LogP contribution in [0.15, 0.2) is 6.33 Å². The molecule has 0 spiro atoms. The molecule has 2 aliphatic rings. The van der Waals surface area contributed by atoms with Crippen molar-refractivity contribution in [3.63, 3.8) is 0 Å². The average molecular weight is 412 g/mol. The van der Waals surface area contributed by atoms with E-state index in [1.807, 2.05) is 6.07 Å². The van der Waals surface area contributed by atoms with Gasteiger partial charge < -0.3 is 15.6 Å². The van der Waals surface area contributed by atoms with E-state index in [4.69, 9.17) is 48.5 Å². The van der Waals surface area contributed by atoms with Crippen molar-refractivity contribution in [2.45, 2.75) is 31.0 Å². The number of ether oxygens (including phenoxy) is 1. The number of aromatic nitrogens is 4. The largest absolute Gasteiger partial charge is 0.488 e. The van der Waals surface area contributed by atoms with Crippen LogP contribution in [0.3, 0.4) is 0 Å². The SMILES string of the molecule is [B][P+]1(OCCC#N)OC[C@H]2O[C@@H](n3cnc4c(N)nc(Cl)nc43)[C@@H](O)[C@H]2O1. The first-order chi connectivity index (χ1) is 12.9. The molecule has 5 atom stereocenters. The van der Waals surface area contributed by atoms with Gasteiger partial charge in [0.25, 0.3) is 0 Å². The van der Waals surface area contributed by atoms with Crippen LogP contribution < -0.4 is 5.73 Å². The molecule has 14 heteroatoms. The molecule has 2 aliphatic heterocycles. The van der Waals surface area contributed by atoms with E-state index >= 15 is 0 Å². The molecular formula is C13H14BClN6O5P+. The molecule has 0 bridgehead atoms. The first-order valence-corrected chi connectivity index (χ1v) is 9.92. The van der Waals surface area contributed by atoms with Crippen molar-refractivity contribution in [2.75, 3.05) is 18.9 Å². The van der Waals surface area contributed by atoms with E-state index in [0.29, 0.717) is 11.2 Å². The van der Waals surface area contributed by atoms with Gasteiger partial charge in [0.05, 0.1) is 18.8 Å². The van der Waals surface area contributed by atoms with E-state index in [1.165, 1.54) is 10.9 Å². The van der Waals surface area contributed by atoms with Gasteiger partial charge in [-0.25, -0.2) is 4.98 Å². The van der Waals surface area contributed by atoms with Crippen LogP contribution in [0.5, 0.6) is 0 Å². The standard InChI is InChI=1S/C13H14BClN6O5P/c14-27(23-3-1-2-16)24-4-6-9(26-27)8(22)12(25-6)21-5-18-7-10(17)19-13(15)20-11(7)21/h5-6,8-9,12,22H,1,3-4H2,(H2,17,19,20)/q+1/t6-,8+,9+,12-,27?/m1/s1. The molecule has 4 rings (SSSR count). The van der Waals surface area contributed by atoms with Crippen molar-refractivity contribution in [2.24, 2.45) is 0 Å². The van der Waals surface area contributed by atoms with E-state index in [1.54, 1.807) is 0 Å². The normalized spacial score (nSPS) is 33.1. The molecule has 2 saturated heterocycles. The summed E-state index contributed by atoms with van der Waals surface area (Å²) in [7, 11) is 2.86. The first kappa shape index (κ1) is 18.8. The molecule has 2 radical (unpaired) electrons. The molecule has 27 heavy (non-hydrogen) atoms. The van der Waals surface area contributed by atoms with Crippen molar-refractivity contribution in [1.82, 2.24) is 19.5 Å². The Kier molecular flexibility index (Phi) is 4.94. The van der Waals surface area contributed by atoms with Crippen LogP contribution in [0.1, 0.15) is 12.6 Å². The summed E-state index contributed by atoms with van der Waals surface area (Å²) in [5, 5.41) is 19.3. The zero-order valence-corrected chi connectivity index (χ0v) is 15.5. The molecule has 0 amide bonds. The minimum Gasteiger partial charge on any atom is -0.385 e. The second-order valence-corrected chi connectivity index (χ2v) is 8.05. The molecule has 11 nitrogen and oxygen atoms in total. The summed E-state index contributed by atoms with van der Waals surface area (Å²) in [6, 6.07) is 1.94.